The zero-order valence-corrected chi connectivity index (χ0v) is 27.3. The molecule has 0 aromatic rings. The molecule has 0 spiro atoms. The fourth-order valence-electron chi connectivity index (χ4n) is 12.4. The minimum Gasteiger partial charge on any atom is -0.370 e. The van der Waals surface area contributed by atoms with Crippen molar-refractivity contribution in [2.45, 2.75) is 126 Å². The molecule has 0 radical (unpaired) electrons. The van der Waals surface area contributed by atoms with Gasteiger partial charge in [0, 0.05) is 24.9 Å². The van der Waals surface area contributed by atoms with Gasteiger partial charge in [-0.15, -0.1) is 0 Å². The highest BCUT2D eigenvalue weighted by Crippen LogP contribution is 2.77. The quantitative estimate of drug-likeness (QED) is 0.186. The van der Waals surface area contributed by atoms with Gasteiger partial charge in [0.25, 0.3) is 0 Å². The third-order valence-corrected chi connectivity index (χ3v) is 14.7. The number of rotatable bonds is 7. The highest BCUT2D eigenvalue weighted by molar-refractivity contribution is 5.85. The van der Waals surface area contributed by atoms with Crippen molar-refractivity contribution < 1.29 is 9.59 Å². The summed E-state index contributed by atoms with van der Waals surface area (Å²) in [5, 5.41) is 3.41. The SMILES string of the molecule is CC(C)[C@@H]1CC[C@]2(C(=O)NCCCCN=C(N)N)CC[C@]3(C)[C@H](CC[C@@H]4[C@@]5(C)CCC(=O)C(C)(C)[C@@H]5CC[C@]43C)[C@@H]12. The molecule has 5 aliphatic carbocycles. The summed E-state index contributed by atoms with van der Waals surface area (Å²) in [5.41, 5.74) is 11.2. The maximum absolute atomic E-state index is 14.2. The Morgan fingerprint density at radius 3 is 2.32 bits per heavy atom. The fourth-order valence-corrected chi connectivity index (χ4v) is 12.4. The van der Waals surface area contributed by atoms with E-state index < -0.39 is 0 Å². The van der Waals surface area contributed by atoms with Crippen LogP contribution in [-0.2, 0) is 9.59 Å². The summed E-state index contributed by atoms with van der Waals surface area (Å²) >= 11 is 0. The van der Waals surface area contributed by atoms with Crippen LogP contribution in [0.25, 0.3) is 0 Å². The minimum absolute atomic E-state index is 0.137. The Kier molecular flexibility index (Phi) is 7.93. The van der Waals surface area contributed by atoms with E-state index in [1.807, 2.05) is 0 Å². The van der Waals surface area contributed by atoms with E-state index in [0.717, 1.165) is 44.9 Å². The number of guanidine groups is 1. The first-order chi connectivity index (χ1) is 19.1. The lowest BCUT2D eigenvalue weighted by molar-refractivity contribution is -0.234. The van der Waals surface area contributed by atoms with Gasteiger partial charge in [0.05, 0.1) is 5.41 Å². The molecule has 0 aliphatic heterocycles. The summed E-state index contributed by atoms with van der Waals surface area (Å²) in [6.07, 6.45) is 12.9. The van der Waals surface area contributed by atoms with Crippen LogP contribution in [0.4, 0.5) is 0 Å². The molecule has 0 heterocycles. The van der Waals surface area contributed by atoms with Crippen molar-refractivity contribution in [3.05, 3.63) is 0 Å². The standard InChI is InChI=1S/C35H60N4O2/c1-22(2)23-12-17-35(29(41)38-20-8-9-21-39-30(36)37)19-18-33(6)24(28(23)35)10-11-26-32(5)15-14-27(40)31(3,4)25(32)13-16-34(26,33)7/h22-26,28H,8-21H2,1-7H3,(H,38,41)(H4,36,37,39)/t23-,24+,25-,26+,28+,32-,33+,34+,35-/m0/s1. The maximum Gasteiger partial charge on any atom is 0.226 e. The highest BCUT2D eigenvalue weighted by Gasteiger charge is 2.71. The van der Waals surface area contributed by atoms with E-state index in [2.05, 4.69) is 58.8 Å². The highest BCUT2D eigenvalue weighted by atomic mass is 16.2. The zero-order valence-electron chi connectivity index (χ0n) is 27.3. The predicted molar refractivity (Wildman–Crippen MR) is 167 cm³/mol. The van der Waals surface area contributed by atoms with E-state index >= 15 is 0 Å². The normalized spacial score (nSPS) is 44.8. The topological polar surface area (TPSA) is 111 Å². The van der Waals surface area contributed by atoms with Gasteiger partial charge < -0.3 is 16.8 Å². The van der Waals surface area contributed by atoms with Crippen molar-refractivity contribution in [2.24, 2.45) is 79.0 Å². The van der Waals surface area contributed by atoms with Gasteiger partial charge in [0.1, 0.15) is 5.78 Å². The maximum atomic E-state index is 14.2. The smallest absolute Gasteiger partial charge is 0.226 e. The molecule has 6 nitrogen and oxygen atoms in total. The molecule has 5 rings (SSSR count). The van der Waals surface area contributed by atoms with Crippen molar-refractivity contribution in [3.8, 4) is 0 Å². The number of nitrogens with zero attached hydrogens (tertiary/aromatic N) is 1. The van der Waals surface area contributed by atoms with E-state index in [1.165, 1.54) is 32.1 Å². The van der Waals surface area contributed by atoms with Crippen molar-refractivity contribution in [1.82, 2.24) is 5.32 Å². The second kappa shape index (κ2) is 10.5. The lowest BCUT2D eigenvalue weighted by Crippen LogP contribution is -2.67. The zero-order chi connectivity index (χ0) is 30.0. The van der Waals surface area contributed by atoms with Crippen LogP contribution in [0.2, 0.25) is 0 Å². The molecule has 5 N–H and O–H groups in total. The molecule has 232 valence electrons. The van der Waals surface area contributed by atoms with Crippen molar-refractivity contribution in [2.75, 3.05) is 13.1 Å². The summed E-state index contributed by atoms with van der Waals surface area (Å²) in [7, 11) is 0. The van der Waals surface area contributed by atoms with Crippen LogP contribution >= 0.6 is 0 Å². The number of carbonyl (C=O) groups excluding carboxylic acids is 2. The number of nitrogens with two attached hydrogens (primary N) is 2. The Bertz CT molecular complexity index is 1060. The molecule has 0 unspecified atom stereocenters. The number of unbranched alkanes of at least 4 members (excludes halogenated alkanes) is 1. The molecule has 5 fully saturated rings. The fraction of sp³-hybridized carbons (Fsp3) is 0.914. The molecule has 1 amide bonds. The lowest BCUT2D eigenvalue weighted by Gasteiger charge is -2.72. The van der Waals surface area contributed by atoms with Crippen LogP contribution in [0.1, 0.15) is 126 Å². The molecule has 5 saturated carbocycles. The number of hydrogen-bond acceptors (Lipinski definition) is 3. The number of aliphatic imine (C=N–C) groups is 1. The Morgan fingerprint density at radius 2 is 1.63 bits per heavy atom. The van der Waals surface area contributed by atoms with Gasteiger partial charge in [-0.1, -0.05) is 48.5 Å². The Morgan fingerprint density at radius 1 is 0.902 bits per heavy atom. The van der Waals surface area contributed by atoms with E-state index in [0.29, 0.717) is 60.3 Å². The second-order valence-corrected chi connectivity index (χ2v) is 16.7. The molecule has 0 saturated heterocycles. The van der Waals surface area contributed by atoms with Crippen molar-refractivity contribution >= 4 is 17.6 Å². The van der Waals surface area contributed by atoms with E-state index in [9.17, 15) is 9.59 Å². The van der Waals surface area contributed by atoms with Gasteiger partial charge >= 0.3 is 0 Å². The molecule has 0 bridgehead atoms. The molecule has 9 atom stereocenters. The average Bonchev–Trinajstić information content (AvgIpc) is 3.30. The number of fused-ring (bicyclic) bond motifs is 7. The third-order valence-electron chi connectivity index (χ3n) is 14.7. The van der Waals surface area contributed by atoms with Crippen LogP contribution in [0.5, 0.6) is 0 Å². The van der Waals surface area contributed by atoms with Crippen LogP contribution in [-0.4, -0.2) is 30.7 Å². The molecular weight excluding hydrogens is 508 g/mol. The minimum atomic E-state index is -0.220. The van der Waals surface area contributed by atoms with Gasteiger partial charge in [-0.05, 0) is 122 Å². The van der Waals surface area contributed by atoms with Crippen LogP contribution < -0.4 is 16.8 Å². The van der Waals surface area contributed by atoms with Gasteiger partial charge in [0.15, 0.2) is 5.96 Å². The molecule has 6 heteroatoms. The number of nitrogens with one attached hydrogen (secondary N) is 1. The van der Waals surface area contributed by atoms with Gasteiger partial charge in [-0.25, -0.2) is 0 Å². The molecular formula is C35H60N4O2. The first-order valence-electron chi connectivity index (χ1n) is 17.0. The van der Waals surface area contributed by atoms with Crippen LogP contribution in [0.15, 0.2) is 4.99 Å². The third kappa shape index (κ3) is 4.50. The molecule has 0 aromatic carbocycles. The molecule has 41 heavy (non-hydrogen) atoms. The summed E-state index contributed by atoms with van der Waals surface area (Å²) in [5.74, 6) is 4.37. The van der Waals surface area contributed by atoms with E-state index in [-0.39, 0.29) is 33.0 Å². The summed E-state index contributed by atoms with van der Waals surface area (Å²) in [6.45, 7) is 18.5. The van der Waals surface area contributed by atoms with E-state index in [1.54, 1.807) is 0 Å². The van der Waals surface area contributed by atoms with Crippen LogP contribution in [0, 0.1) is 62.6 Å². The Balaban J connectivity index is 1.41. The van der Waals surface area contributed by atoms with Gasteiger partial charge in [0.2, 0.25) is 5.91 Å². The molecule has 5 aliphatic rings. The number of amides is 1. The Labute approximate surface area is 250 Å². The number of hydrogen-bond donors (Lipinski definition) is 3. The number of carbonyl (C=O) groups is 2. The number of Topliss-reactive ketones (excluding diaryl/α,β-unsaturated/α-hetero) is 1. The Hall–Kier alpha value is -1.59. The number of ketones is 1. The molecule has 0 aromatic heterocycles. The van der Waals surface area contributed by atoms with E-state index in [4.69, 9.17) is 11.5 Å². The van der Waals surface area contributed by atoms with Crippen molar-refractivity contribution in [1.29, 1.82) is 0 Å². The summed E-state index contributed by atoms with van der Waals surface area (Å²) in [4.78, 5) is 31.3. The predicted octanol–water partition coefficient (Wildman–Crippen LogP) is 6.46. The largest absolute Gasteiger partial charge is 0.370 e. The van der Waals surface area contributed by atoms with Gasteiger partial charge in [-0.2, -0.15) is 0 Å². The average molecular weight is 569 g/mol. The second-order valence-electron chi connectivity index (χ2n) is 16.7. The first-order valence-corrected chi connectivity index (χ1v) is 17.0. The lowest BCUT2D eigenvalue weighted by atomic mass is 9.32. The van der Waals surface area contributed by atoms with Crippen LogP contribution in [0.3, 0.4) is 0 Å². The summed E-state index contributed by atoms with van der Waals surface area (Å²) in [6, 6.07) is 0. The first kappa shape index (κ1) is 30.9. The van der Waals surface area contributed by atoms with Crippen molar-refractivity contribution in [3.63, 3.8) is 0 Å². The monoisotopic (exact) mass is 568 g/mol. The van der Waals surface area contributed by atoms with Gasteiger partial charge in [-0.3, -0.25) is 14.6 Å². The summed E-state index contributed by atoms with van der Waals surface area (Å²) < 4.78 is 0.